The Bertz CT molecular complexity index is 1330. The van der Waals surface area contributed by atoms with Crippen LogP contribution in [0.4, 0.5) is 21.9 Å². The third kappa shape index (κ3) is 10.1. The molecule has 0 radical (unpaired) electrons. The first-order valence-corrected chi connectivity index (χ1v) is 15.6. The third-order valence-corrected chi connectivity index (χ3v) is 7.72. The van der Waals surface area contributed by atoms with Crippen LogP contribution in [0.3, 0.4) is 0 Å². The molecular formula is C33H48N6O6. The molecule has 2 aromatic carbocycles. The molecule has 0 fully saturated rings. The van der Waals surface area contributed by atoms with E-state index in [0.29, 0.717) is 49.3 Å². The number of carbonyl (C=O) groups is 4. The molecule has 45 heavy (non-hydrogen) atoms. The molecule has 0 spiro atoms. The summed E-state index contributed by atoms with van der Waals surface area (Å²) in [5, 5.41) is 18.5. The number of nitrogens with zero attached hydrogens (tertiary/aromatic N) is 2. The van der Waals surface area contributed by atoms with Crippen LogP contribution in [0.2, 0.25) is 0 Å². The first kappa shape index (κ1) is 35.2. The van der Waals surface area contributed by atoms with E-state index in [4.69, 9.17) is 10.5 Å². The molecule has 3 rings (SSSR count). The molecule has 1 aliphatic heterocycles. The van der Waals surface area contributed by atoms with E-state index in [-0.39, 0.29) is 66.6 Å². The van der Waals surface area contributed by atoms with E-state index in [1.165, 1.54) is 0 Å². The molecule has 0 unspecified atom stereocenters. The number of hydrogen-bond donors (Lipinski definition) is 5. The van der Waals surface area contributed by atoms with Crippen LogP contribution in [0.15, 0.2) is 42.5 Å². The van der Waals surface area contributed by atoms with Crippen molar-refractivity contribution in [3.05, 3.63) is 48.0 Å². The van der Waals surface area contributed by atoms with E-state index in [2.05, 4.69) is 16.0 Å². The van der Waals surface area contributed by atoms with Gasteiger partial charge >= 0.3 is 6.03 Å². The zero-order chi connectivity index (χ0) is 33.1. The highest BCUT2D eigenvalue weighted by Gasteiger charge is 2.35. The largest absolute Gasteiger partial charge is 0.485 e. The smallest absolute Gasteiger partial charge is 0.317 e. The number of likely N-dealkylation sites (N-methyl/N-ethyl adjacent to an activating group) is 1. The molecule has 0 saturated carbocycles. The average Bonchev–Trinajstić information content (AvgIpc) is 2.99. The summed E-state index contributed by atoms with van der Waals surface area (Å²) in [6.07, 6.45) is 1.87. The van der Waals surface area contributed by atoms with E-state index in [1.807, 2.05) is 20.8 Å². The quantitative estimate of drug-likeness (QED) is 0.165. The number of nitrogens with two attached hydrogens (primary N) is 1. The van der Waals surface area contributed by atoms with Crippen molar-refractivity contribution >= 4 is 40.8 Å². The van der Waals surface area contributed by atoms with Crippen LogP contribution in [0, 0.1) is 5.92 Å². The summed E-state index contributed by atoms with van der Waals surface area (Å²) in [6.45, 7) is 7.81. The van der Waals surface area contributed by atoms with Gasteiger partial charge in [-0.2, -0.15) is 0 Å². The topological polar surface area (TPSA) is 166 Å². The Hall–Kier alpha value is -4.32. The molecule has 1 aliphatic rings. The van der Waals surface area contributed by atoms with Crippen molar-refractivity contribution < 1.29 is 29.0 Å². The minimum absolute atomic E-state index is 0.0394. The van der Waals surface area contributed by atoms with Gasteiger partial charge in [0.15, 0.2) is 5.75 Å². The fraction of sp³-hybridized carbons (Fsp3) is 0.515. The fourth-order valence-corrected chi connectivity index (χ4v) is 5.05. The number of unbranched alkanes of at least 4 members (excludes halogenated alkanes) is 2. The molecule has 3 atom stereocenters. The number of nitrogens with one attached hydrogen (secondary N) is 3. The molecule has 2 aromatic rings. The molecule has 0 aromatic heterocycles. The number of hydrogen-bond acceptors (Lipinski definition) is 7. The number of nitrogen functional groups attached to an aromatic ring is 1. The van der Waals surface area contributed by atoms with Crippen molar-refractivity contribution in [3.8, 4) is 5.75 Å². The lowest BCUT2D eigenvalue weighted by molar-refractivity contribution is -0.116. The predicted octanol–water partition coefficient (Wildman–Crippen LogP) is 4.07. The van der Waals surface area contributed by atoms with Crippen LogP contribution in [-0.4, -0.2) is 83.6 Å². The Morgan fingerprint density at radius 3 is 2.24 bits per heavy atom. The minimum atomic E-state index is -0.511. The van der Waals surface area contributed by atoms with Crippen molar-refractivity contribution in [2.75, 3.05) is 43.1 Å². The average molecular weight is 625 g/mol. The van der Waals surface area contributed by atoms with Crippen molar-refractivity contribution in [1.82, 2.24) is 15.1 Å². The van der Waals surface area contributed by atoms with Gasteiger partial charge in [0.25, 0.3) is 5.91 Å². The second-order valence-electron chi connectivity index (χ2n) is 12.0. The number of carbonyl (C=O) groups excluding carboxylic acids is 4. The summed E-state index contributed by atoms with van der Waals surface area (Å²) >= 11 is 0. The highest BCUT2D eigenvalue weighted by molar-refractivity contribution is 6.01. The second-order valence-corrected chi connectivity index (χ2v) is 12.0. The summed E-state index contributed by atoms with van der Waals surface area (Å²) in [6, 6.07) is 11.3. The minimum Gasteiger partial charge on any atom is -0.485 e. The lowest BCUT2D eigenvalue weighted by Crippen LogP contribution is -2.51. The van der Waals surface area contributed by atoms with Gasteiger partial charge in [-0.15, -0.1) is 0 Å². The van der Waals surface area contributed by atoms with Gasteiger partial charge in [-0.1, -0.05) is 31.5 Å². The van der Waals surface area contributed by atoms with E-state index in [1.54, 1.807) is 66.2 Å². The van der Waals surface area contributed by atoms with Crippen molar-refractivity contribution in [2.24, 2.45) is 5.92 Å². The number of ether oxygens (including phenoxy) is 1. The zero-order valence-corrected chi connectivity index (χ0v) is 27.0. The second kappa shape index (κ2) is 16.7. The lowest BCUT2D eigenvalue weighted by atomic mass is 9.99. The van der Waals surface area contributed by atoms with E-state index < -0.39 is 12.1 Å². The van der Waals surface area contributed by atoms with Crippen LogP contribution in [0.1, 0.15) is 70.2 Å². The maximum Gasteiger partial charge on any atom is 0.317 e. The molecule has 246 valence electrons. The standard InChI is InChI=1S/C33H48N6O6/c1-21(2)35-33(44)38(5)19-28-22(3)18-39(23(4)20-40)32(43)24-12-11-15-27(31(24)45-28)37-30(42)17-8-6-7-16-29(41)36-26-14-10-9-13-25(26)34/h9-15,21-23,28,40H,6-8,16-20,34H2,1-5H3,(H,35,44)(H,36,41)(H,37,42)/t22-,23-,28+/m0/s1. The Kier molecular flexibility index (Phi) is 13.0. The summed E-state index contributed by atoms with van der Waals surface area (Å²) in [5.74, 6) is -0.666. The molecule has 12 nitrogen and oxygen atoms in total. The number of para-hydroxylation sites is 3. The SMILES string of the molecule is CC(C)NC(=O)N(C)C[C@H]1Oc2c(NC(=O)CCCCCC(=O)Nc3ccccc3N)cccc2C(=O)N([C@@H](C)CO)C[C@@H]1C. The molecule has 0 aliphatic carbocycles. The Morgan fingerprint density at radius 1 is 1.00 bits per heavy atom. The van der Waals surface area contributed by atoms with Gasteiger partial charge in [0.05, 0.1) is 41.8 Å². The van der Waals surface area contributed by atoms with Gasteiger partial charge in [0, 0.05) is 38.4 Å². The molecule has 5 amide bonds. The molecule has 6 N–H and O–H groups in total. The van der Waals surface area contributed by atoms with Gasteiger partial charge in [-0.25, -0.2) is 4.79 Å². The third-order valence-electron chi connectivity index (χ3n) is 7.72. The van der Waals surface area contributed by atoms with Crippen molar-refractivity contribution in [3.63, 3.8) is 0 Å². The van der Waals surface area contributed by atoms with Crippen molar-refractivity contribution in [2.45, 2.75) is 78.0 Å². The number of benzene rings is 2. The normalized spacial score (nSPS) is 17.0. The number of anilines is 3. The van der Waals surface area contributed by atoms with Crippen LogP contribution in [-0.2, 0) is 9.59 Å². The number of fused-ring (bicyclic) bond motifs is 1. The number of amides is 5. The van der Waals surface area contributed by atoms with Crippen LogP contribution < -0.4 is 26.4 Å². The fourth-order valence-electron chi connectivity index (χ4n) is 5.05. The first-order valence-electron chi connectivity index (χ1n) is 15.6. The molecule has 0 saturated heterocycles. The Morgan fingerprint density at radius 2 is 1.62 bits per heavy atom. The Balaban J connectivity index is 1.68. The van der Waals surface area contributed by atoms with E-state index in [9.17, 15) is 24.3 Å². The molecule has 0 bridgehead atoms. The monoisotopic (exact) mass is 624 g/mol. The number of aliphatic hydroxyl groups is 1. The highest BCUT2D eigenvalue weighted by atomic mass is 16.5. The Labute approximate surface area is 265 Å². The van der Waals surface area contributed by atoms with Gasteiger partial charge < -0.3 is 41.3 Å². The zero-order valence-electron chi connectivity index (χ0n) is 27.0. The maximum atomic E-state index is 13.7. The number of rotatable bonds is 13. The molecule has 1 heterocycles. The highest BCUT2D eigenvalue weighted by Crippen LogP contribution is 2.35. The molecule has 12 heteroatoms. The van der Waals surface area contributed by atoms with Gasteiger partial charge in [0.1, 0.15) is 6.10 Å². The summed E-state index contributed by atoms with van der Waals surface area (Å²) in [5.41, 5.74) is 7.59. The number of urea groups is 1. The van der Waals surface area contributed by atoms with Crippen LogP contribution in [0.5, 0.6) is 5.75 Å². The summed E-state index contributed by atoms with van der Waals surface area (Å²) in [4.78, 5) is 54.8. The van der Waals surface area contributed by atoms with Crippen LogP contribution >= 0.6 is 0 Å². The van der Waals surface area contributed by atoms with Crippen LogP contribution in [0.25, 0.3) is 0 Å². The van der Waals surface area contributed by atoms with Gasteiger partial charge in [0.2, 0.25) is 11.8 Å². The van der Waals surface area contributed by atoms with Gasteiger partial charge in [-0.3, -0.25) is 14.4 Å². The van der Waals surface area contributed by atoms with Gasteiger partial charge in [-0.05, 0) is 57.9 Å². The van der Waals surface area contributed by atoms with Crippen molar-refractivity contribution in [1.29, 1.82) is 0 Å². The summed E-state index contributed by atoms with van der Waals surface area (Å²) in [7, 11) is 1.68. The lowest BCUT2D eigenvalue weighted by Gasteiger charge is -2.38. The van der Waals surface area contributed by atoms with E-state index in [0.717, 1.165) is 0 Å². The summed E-state index contributed by atoms with van der Waals surface area (Å²) < 4.78 is 6.47. The first-order chi connectivity index (χ1) is 21.4. The predicted molar refractivity (Wildman–Crippen MR) is 175 cm³/mol. The molecular weight excluding hydrogens is 576 g/mol. The maximum absolute atomic E-state index is 13.7. The van der Waals surface area contributed by atoms with E-state index >= 15 is 0 Å². The number of aliphatic hydroxyl groups excluding tert-OH is 1.